The molecular formula is C14H20F2N2O. The summed E-state index contributed by atoms with van der Waals surface area (Å²) in [6, 6.07) is 2.16. The normalized spacial score (nSPS) is 10.4. The molecule has 0 aliphatic carbocycles. The van der Waals surface area contributed by atoms with E-state index >= 15 is 0 Å². The number of amides is 1. The zero-order chi connectivity index (χ0) is 14.4. The van der Waals surface area contributed by atoms with E-state index in [1.165, 1.54) is 7.05 Å². The van der Waals surface area contributed by atoms with Crippen LogP contribution < -0.4 is 5.32 Å². The SMILES string of the molecule is CCCN(CCC)C(=O)c1cc(F)c(NC)c(F)c1. The molecule has 0 aromatic heterocycles. The number of carbonyl (C=O) groups is 1. The molecule has 0 saturated carbocycles. The summed E-state index contributed by atoms with van der Waals surface area (Å²) >= 11 is 0. The van der Waals surface area contributed by atoms with Crippen molar-refractivity contribution in [1.82, 2.24) is 4.90 Å². The lowest BCUT2D eigenvalue weighted by molar-refractivity contribution is 0.0754. The first kappa shape index (κ1) is 15.4. The lowest BCUT2D eigenvalue weighted by Crippen LogP contribution is -2.32. The number of anilines is 1. The Bertz CT molecular complexity index is 420. The Hall–Kier alpha value is -1.65. The molecular weight excluding hydrogens is 250 g/mol. The summed E-state index contributed by atoms with van der Waals surface area (Å²) in [6.07, 6.45) is 1.62. The fourth-order valence-corrected chi connectivity index (χ4v) is 1.97. The van der Waals surface area contributed by atoms with E-state index in [0.717, 1.165) is 25.0 Å². The average Bonchev–Trinajstić information content (AvgIpc) is 2.37. The van der Waals surface area contributed by atoms with Crippen LogP contribution in [0, 0.1) is 11.6 Å². The van der Waals surface area contributed by atoms with E-state index in [9.17, 15) is 13.6 Å². The maximum atomic E-state index is 13.6. The molecule has 1 rings (SSSR count). The molecule has 1 aromatic carbocycles. The zero-order valence-electron chi connectivity index (χ0n) is 11.6. The number of rotatable bonds is 6. The zero-order valence-corrected chi connectivity index (χ0v) is 11.6. The van der Waals surface area contributed by atoms with Gasteiger partial charge < -0.3 is 10.2 Å². The third-order valence-electron chi connectivity index (χ3n) is 2.81. The summed E-state index contributed by atoms with van der Waals surface area (Å²) in [6.45, 7) is 5.09. The molecule has 0 heterocycles. The number of carbonyl (C=O) groups excluding carboxylic acids is 1. The summed E-state index contributed by atoms with van der Waals surface area (Å²) in [5.74, 6) is -1.83. The van der Waals surface area contributed by atoms with Gasteiger partial charge in [-0.25, -0.2) is 8.78 Å². The Morgan fingerprint density at radius 3 is 2.00 bits per heavy atom. The van der Waals surface area contributed by atoms with E-state index in [0.29, 0.717) is 13.1 Å². The number of hydrogen-bond acceptors (Lipinski definition) is 2. The standard InChI is InChI=1S/C14H20F2N2O/c1-4-6-18(7-5-2)14(19)10-8-11(15)13(17-3)12(16)9-10/h8-9,17H,4-7H2,1-3H3. The predicted octanol–water partition coefficient (Wildman–Crippen LogP) is 3.27. The molecule has 0 atom stereocenters. The fraction of sp³-hybridized carbons (Fsp3) is 0.500. The Morgan fingerprint density at radius 1 is 1.16 bits per heavy atom. The van der Waals surface area contributed by atoms with Gasteiger partial charge in [-0.2, -0.15) is 0 Å². The minimum absolute atomic E-state index is 0.0518. The largest absolute Gasteiger partial charge is 0.383 e. The summed E-state index contributed by atoms with van der Waals surface area (Å²) in [5, 5.41) is 2.43. The molecule has 0 aliphatic heterocycles. The van der Waals surface area contributed by atoms with E-state index in [2.05, 4.69) is 5.32 Å². The molecule has 1 amide bonds. The molecule has 1 aromatic rings. The highest BCUT2D eigenvalue weighted by atomic mass is 19.1. The van der Waals surface area contributed by atoms with Crippen molar-refractivity contribution in [3.63, 3.8) is 0 Å². The van der Waals surface area contributed by atoms with Gasteiger partial charge in [0.1, 0.15) is 17.3 Å². The highest BCUT2D eigenvalue weighted by Crippen LogP contribution is 2.21. The van der Waals surface area contributed by atoms with Gasteiger partial charge in [-0.15, -0.1) is 0 Å². The van der Waals surface area contributed by atoms with Gasteiger partial charge in [0.2, 0.25) is 0 Å². The Balaban J connectivity index is 3.04. The maximum absolute atomic E-state index is 13.6. The van der Waals surface area contributed by atoms with Crippen LogP contribution in [0.15, 0.2) is 12.1 Å². The van der Waals surface area contributed by atoms with Crippen LogP contribution in [0.5, 0.6) is 0 Å². The van der Waals surface area contributed by atoms with E-state index in [1.807, 2.05) is 13.8 Å². The first-order valence-corrected chi connectivity index (χ1v) is 6.51. The molecule has 3 nitrogen and oxygen atoms in total. The average molecular weight is 270 g/mol. The monoisotopic (exact) mass is 270 g/mol. The van der Waals surface area contributed by atoms with Gasteiger partial charge in [-0.3, -0.25) is 4.79 Å². The number of halogens is 2. The molecule has 0 aliphatic rings. The van der Waals surface area contributed by atoms with E-state index in [1.54, 1.807) is 4.90 Å². The molecule has 106 valence electrons. The smallest absolute Gasteiger partial charge is 0.254 e. The third kappa shape index (κ3) is 3.66. The van der Waals surface area contributed by atoms with Crippen molar-refractivity contribution in [2.24, 2.45) is 0 Å². The topological polar surface area (TPSA) is 32.3 Å². The molecule has 0 radical (unpaired) electrons. The molecule has 0 fully saturated rings. The van der Waals surface area contributed by atoms with Crippen LogP contribution in [-0.4, -0.2) is 30.9 Å². The Labute approximate surface area is 112 Å². The van der Waals surface area contributed by atoms with Crippen molar-refractivity contribution in [1.29, 1.82) is 0 Å². The lowest BCUT2D eigenvalue weighted by Gasteiger charge is -2.21. The van der Waals surface area contributed by atoms with Gasteiger partial charge in [-0.05, 0) is 25.0 Å². The van der Waals surface area contributed by atoms with Crippen LogP contribution in [0.25, 0.3) is 0 Å². The minimum Gasteiger partial charge on any atom is -0.383 e. The number of hydrogen-bond donors (Lipinski definition) is 1. The first-order valence-electron chi connectivity index (χ1n) is 6.51. The Kier molecular flexibility index (Phi) is 5.73. The molecule has 0 saturated heterocycles. The highest BCUT2D eigenvalue weighted by Gasteiger charge is 2.18. The summed E-state index contributed by atoms with van der Waals surface area (Å²) in [5.41, 5.74) is -0.162. The molecule has 5 heteroatoms. The van der Waals surface area contributed by atoms with Gasteiger partial charge in [0.25, 0.3) is 5.91 Å². The molecule has 1 N–H and O–H groups in total. The van der Waals surface area contributed by atoms with Gasteiger partial charge >= 0.3 is 0 Å². The second-order valence-corrected chi connectivity index (χ2v) is 4.36. The first-order chi connectivity index (χ1) is 9.04. The van der Waals surface area contributed by atoms with Gasteiger partial charge in [-0.1, -0.05) is 13.8 Å². The minimum atomic E-state index is -0.751. The van der Waals surface area contributed by atoms with Crippen LogP contribution in [0.1, 0.15) is 37.0 Å². The summed E-state index contributed by atoms with van der Waals surface area (Å²) < 4.78 is 27.3. The fourth-order valence-electron chi connectivity index (χ4n) is 1.97. The second kappa shape index (κ2) is 7.07. The summed E-state index contributed by atoms with van der Waals surface area (Å²) in [7, 11) is 1.43. The van der Waals surface area contributed by atoms with Gasteiger partial charge in [0.15, 0.2) is 0 Å². The second-order valence-electron chi connectivity index (χ2n) is 4.36. The van der Waals surface area contributed by atoms with Crippen molar-refractivity contribution >= 4 is 11.6 Å². The van der Waals surface area contributed by atoms with Gasteiger partial charge in [0, 0.05) is 25.7 Å². The molecule has 0 bridgehead atoms. The number of nitrogens with zero attached hydrogens (tertiary/aromatic N) is 1. The predicted molar refractivity (Wildman–Crippen MR) is 72.4 cm³/mol. The molecule has 0 spiro atoms. The van der Waals surface area contributed by atoms with Crippen molar-refractivity contribution in [3.05, 3.63) is 29.3 Å². The number of benzene rings is 1. The van der Waals surface area contributed by atoms with Gasteiger partial charge in [0.05, 0.1) is 0 Å². The quantitative estimate of drug-likeness (QED) is 0.860. The van der Waals surface area contributed by atoms with E-state index in [-0.39, 0.29) is 17.2 Å². The van der Waals surface area contributed by atoms with Crippen molar-refractivity contribution in [2.45, 2.75) is 26.7 Å². The Morgan fingerprint density at radius 2 is 1.63 bits per heavy atom. The maximum Gasteiger partial charge on any atom is 0.254 e. The van der Waals surface area contributed by atoms with Crippen LogP contribution in [0.4, 0.5) is 14.5 Å². The van der Waals surface area contributed by atoms with Crippen LogP contribution >= 0.6 is 0 Å². The molecule has 19 heavy (non-hydrogen) atoms. The van der Waals surface area contributed by atoms with E-state index in [4.69, 9.17) is 0 Å². The van der Waals surface area contributed by atoms with E-state index < -0.39 is 11.6 Å². The van der Waals surface area contributed by atoms with Crippen molar-refractivity contribution in [2.75, 3.05) is 25.5 Å². The van der Waals surface area contributed by atoms with Crippen LogP contribution in [-0.2, 0) is 0 Å². The van der Waals surface area contributed by atoms with Crippen molar-refractivity contribution in [3.8, 4) is 0 Å². The lowest BCUT2D eigenvalue weighted by atomic mass is 10.1. The van der Waals surface area contributed by atoms with Crippen molar-refractivity contribution < 1.29 is 13.6 Å². The van der Waals surface area contributed by atoms with Crippen LogP contribution in [0.2, 0.25) is 0 Å². The molecule has 0 unspecified atom stereocenters. The summed E-state index contributed by atoms with van der Waals surface area (Å²) in [4.78, 5) is 13.8. The highest BCUT2D eigenvalue weighted by molar-refractivity contribution is 5.94. The third-order valence-corrected chi connectivity index (χ3v) is 2.81. The number of nitrogens with one attached hydrogen (secondary N) is 1. The van der Waals surface area contributed by atoms with Crippen LogP contribution in [0.3, 0.4) is 0 Å².